The van der Waals surface area contributed by atoms with Crippen LogP contribution in [0.25, 0.3) is 11.0 Å². The molecule has 21 heavy (non-hydrogen) atoms. The largest absolute Gasteiger partial charge is 0.591 e. The average Bonchev–Trinajstić information content (AvgIpc) is 2.80. The molecule has 0 aliphatic rings. The third-order valence-electron chi connectivity index (χ3n) is 2.71. The zero-order chi connectivity index (χ0) is 15.8. The Balaban J connectivity index is 2.40. The van der Waals surface area contributed by atoms with Gasteiger partial charge >= 0.3 is 6.09 Å². The van der Waals surface area contributed by atoms with E-state index < -0.39 is 22.2 Å². The maximum absolute atomic E-state index is 12.0. The van der Waals surface area contributed by atoms with Gasteiger partial charge < -0.3 is 9.66 Å². The zero-order valence-electron chi connectivity index (χ0n) is 12.2. The highest BCUT2D eigenvalue weighted by Crippen LogP contribution is 2.18. The summed E-state index contributed by atoms with van der Waals surface area (Å²) >= 11 is -1.40. The summed E-state index contributed by atoms with van der Waals surface area (Å²) in [6, 6.07) is 1.59. The van der Waals surface area contributed by atoms with Gasteiger partial charge in [-0.2, -0.15) is 0 Å². The van der Waals surface area contributed by atoms with E-state index in [9.17, 15) is 9.35 Å². The maximum Gasteiger partial charge on any atom is 0.416 e. The molecular weight excluding hydrogens is 292 g/mol. The molecule has 1 atom stereocenters. The van der Waals surface area contributed by atoms with E-state index in [4.69, 9.17) is 5.11 Å². The van der Waals surface area contributed by atoms with Crippen molar-refractivity contribution >= 4 is 34.2 Å². The van der Waals surface area contributed by atoms with E-state index >= 15 is 0 Å². The van der Waals surface area contributed by atoms with Crippen molar-refractivity contribution in [2.24, 2.45) is 4.40 Å². The molecule has 0 radical (unpaired) electrons. The van der Waals surface area contributed by atoms with Crippen molar-refractivity contribution in [2.75, 3.05) is 0 Å². The third kappa shape index (κ3) is 3.22. The Labute approximate surface area is 125 Å². The summed E-state index contributed by atoms with van der Waals surface area (Å²) in [4.78, 5) is 19.3. The maximum atomic E-state index is 12.0. The lowest BCUT2D eigenvalue weighted by atomic mass is 10.3. The van der Waals surface area contributed by atoms with Gasteiger partial charge in [0.05, 0.1) is 17.2 Å². The third-order valence-corrected chi connectivity index (χ3v) is 4.20. The van der Waals surface area contributed by atoms with Gasteiger partial charge in [-0.3, -0.25) is 0 Å². The van der Waals surface area contributed by atoms with Gasteiger partial charge in [-0.25, -0.2) is 19.3 Å². The number of hydrogen-bond acceptors (Lipinski definition) is 5. The number of hydrogen-bond donors (Lipinski definition) is 1. The van der Waals surface area contributed by atoms with Gasteiger partial charge in [0, 0.05) is 6.20 Å². The molecule has 1 N–H and O–H groups in total. The van der Waals surface area contributed by atoms with E-state index in [1.54, 1.807) is 13.0 Å². The second-order valence-corrected chi connectivity index (χ2v) is 7.38. The Kier molecular flexibility index (Phi) is 4.02. The number of nitrogens with zero attached hydrogens (tertiary/aromatic N) is 4. The highest BCUT2D eigenvalue weighted by atomic mass is 32.2. The fraction of sp³-hybridized carbons (Fsp3) is 0.385. The van der Waals surface area contributed by atoms with E-state index in [1.807, 2.05) is 20.8 Å². The summed E-state index contributed by atoms with van der Waals surface area (Å²) < 4.78 is 16.7. The van der Waals surface area contributed by atoms with Crippen molar-refractivity contribution in [3.05, 3.63) is 24.3 Å². The minimum atomic E-state index is -1.40. The van der Waals surface area contributed by atoms with Gasteiger partial charge in [-0.1, -0.05) is 4.40 Å². The van der Waals surface area contributed by atoms with E-state index in [0.29, 0.717) is 22.6 Å². The molecule has 0 aliphatic heterocycles. The number of carboxylic acid groups (broad SMARTS) is 1. The van der Waals surface area contributed by atoms with Crippen LogP contribution in [0.2, 0.25) is 0 Å². The Bertz CT molecular complexity index is 718. The lowest BCUT2D eigenvalue weighted by Gasteiger charge is -2.18. The van der Waals surface area contributed by atoms with Crippen molar-refractivity contribution < 1.29 is 14.5 Å². The van der Waals surface area contributed by atoms with Crippen LogP contribution in [0.15, 0.2) is 22.9 Å². The molecule has 0 saturated carbocycles. The lowest BCUT2D eigenvalue weighted by Crippen LogP contribution is -2.27. The number of rotatable bonds is 2. The summed E-state index contributed by atoms with van der Waals surface area (Å²) in [5.41, 5.74) is 1.35. The summed E-state index contributed by atoms with van der Waals surface area (Å²) in [6.07, 6.45) is 1.73. The van der Waals surface area contributed by atoms with Crippen LogP contribution in [0.1, 0.15) is 33.5 Å². The van der Waals surface area contributed by atoms with Crippen LogP contribution in [0.5, 0.6) is 0 Å². The van der Waals surface area contributed by atoms with Crippen molar-refractivity contribution in [3.8, 4) is 0 Å². The number of fused-ring (bicyclic) bond motifs is 1. The smallest absolute Gasteiger partial charge is 0.416 e. The first-order valence-corrected chi connectivity index (χ1v) is 7.36. The molecule has 2 aromatic rings. The van der Waals surface area contributed by atoms with Crippen molar-refractivity contribution in [1.82, 2.24) is 14.5 Å². The Morgan fingerprint density at radius 1 is 1.48 bits per heavy atom. The summed E-state index contributed by atoms with van der Waals surface area (Å²) in [5, 5.41) is 9.00. The normalized spacial score (nSPS) is 14.4. The highest BCUT2D eigenvalue weighted by Gasteiger charge is 2.27. The van der Waals surface area contributed by atoms with Crippen LogP contribution in [0.4, 0.5) is 4.79 Å². The van der Waals surface area contributed by atoms with Crippen LogP contribution in [-0.2, 0) is 11.4 Å². The molecule has 112 valence electrons. The fourth-order valence-electron chi connectivity index (χ4n) is 1.57. The van der Waals surface area contributed by atoms with Crippen LogP contribution in [-0.4, -0.2) is 40.7 Å². The van der Waals surface area contributed by atoms with Gasteiger partial charge in [0.25, 0.3) is 0 Å². The molecule has 2 aromatic heterocycles. The van der Waals surface area contributed by atoms with Gasteiger partial charge in [-0.15, -0.1) is 0 Å². The monoisotopic (exact) mass is 308 g/mol. The molecular formula is C13H16N4O3S. The predicted octanol–water partition coefficient (Wildman–Crippen LogP) is 2.23. The molecule has 8 heteroatoms. The first kappa shape index (κ1) is 15.5. The molecule has 0 aliphatic carbocycles. The second kappa shape index (κ2) is 5.45. The van der Waals surface area contributed by atoms with E-state index in [1.165, 1.54) is 12.4 Å². The molecule has 2 heterocycles. The van der Waals surface area contributed by atoms with Crippen molar-refractivity contribution in [1.29, 1.82) is 0 Å². The molecule has 2 rings (SSSR count). The highest BCUT2D eigenvalue weighted by molar-refractivity contribution is 7.91. The first-order valence-electron chi connectivity index (χ1n) is 6.25. The molecule has 0 spiro atoms. The van der Waals surface area contributed by atoms with E-state index in [0.717, 1.165) is 4.57 Å². The molecule has 0 amide bonds. The topological polar surface area (TPSA) is 103 Å². The molecule has 0 fully saturated rings. The summed E-state index contributed by atoms with van der Waals surface area (Å²) in [7, 11) is 0. The Morgan fingerprint density at radius 3 is 2.71 bits per heavy atom. The van der Waals surface area contributed by atoms with Crippen LogP contribution in [0, 0.1) is 0 Å². The molecule has 0 saturated heterocycles. The van der Waals surface area contributed by atoms with Crippen molar-refractivity contribution in [3.63, 3.8) is 0 Å². The van der Waals surface area contributed by atoms with Crippen LogP contribution >= 0.6 is 0 Å². The minimum Gasteiger partial charge on any atom is -0.591 e. The second-order valence-electron chi connectivity index (χ2n) is 5.47. The Morgan fingerprint density at radius 2 is 2.14 bits per heavy atom. The molecule has 1 unspecified atom stereocenters. The van der Waals surface area contributed by atoms with E-state index in [-0.39, 0.29) is 0 Å². The van der Waals surface area contributed by atoms with Crippen LogP contribution in [0.3, 0.4) is 0 Å². The van der Waals surface area contributed by atoms with Gasteiger partial charge in [0.2, 0.25) is 0 Å². The van der Waals surface area contributed by atoms with E-state index in [2.05, 4.69) is 14.4 Å². The zero-order valence-corrected chi connectivity index (χ0v) is 13.0. The number of aromatic nitrogens is 3. The van der Waals surface area contributed by atoms with Gasteiger partial charge in [0.1, 0.15) is 21.8 Å². The van der Waals surface area contributed by atoms with Crippen molar-refractivity contribution in [2.45, 2.75) is 32.4 Å². The van der Waals surface area contributed by atoms with Gasteiger partial charge in [-0.05, 0) is 33.8 Å². The molecule has 7 nitrogen and oxygen atoms in total. The lowest BCUT2D eigenvalue weighted by molar-refractivity contribution is 0.197. The summed E-state index contributed by atoms with van der Waals surface area (Å²) in [5.74, 6) is 0.336. The average molecular weight is 308 g/mol. The van der Waals surface area contributed by atoms with Crippen LogP contribution < -0.4 is 0 Å². The quantitative estimate of drug-likeness (QED) is 0.676. The Hall–Kier alpha value is -1.93. The van der Waals surface area contributed by atoms with Gasteiger partial charge in [0.15, 0.2) is 5.82 Å². The standard InChI is InChI=1S/C13H16N4O3S/c1-8(16-21(20)13(2,3)4)11-14-7-10-9(15-11)5-6-17(10)12(18)19/h5-7H,1-4H3,(H,18,19)/b16-8-. The number of carbonyl (C=O) groups is 1. The molecule has 0 bridgehead atoms. The first-order chi connectivity index (χ1) is 9.70. The fourth-order valence-corrected chi connectivity index (χ4v) is 2.17. The minimum absolute atomic E-state index is 0.336. The molecule has 0 aromatic carbocycles. The summed E-state index contributed by atoms with van der Waals surface area (Å²) in [6.45, 7) is 7.17. The SMILES string of the molecule is C/C(=N/[S+]([O-])C(C)(C)C)c1ncc2c(ccn2C(=O)O)n1. The predicted molar refractivity (Wildman–Crippen MR) is 81.1 cm³/mol.